The highest BCUT2D eigenvalue weighted by Crippen LogP contribution is 2.32. The van der Waals surface area contributed by atoms with Crippen molar-refractivity contribution in [2.75, 3.05) is 29.9 Å². The first-order valence-electron chi connectivity index (χ1n) is 8.71. The van der Waals surface area contributed by atoms with Crippen LogP contribution in [0.5, 0.6) is 0 Å². The van der Waals surface area contributed by atoms with Crippen LogP contribution in [0.15, 0.2) is 46.0 Å². The predicted molar refractivity (Wildman–Crippen MR) is 103 cm³/mol. The summed E-state index contributed by atoms with van der Waals surface area (Å²) in [6.07, 6.45) is 1.22. The number of rotatable bonds is 3. The molecule has 142 valence electrons. The number of nitrogens with one attached hydrogen (secondary N) is 1. The molecule has 9 heteroatoms. The molecule has 0 bridgehead atoms. The number of benzene rings is 1. The lowest BCUT2D eigenvalue weighted by molar-refractivity contribution is -0.125. The Labute approximate surface area is 161 Å². The van der Waals surface area contributed by atoms with E-state index in [1.165, 1.54) is 20.5 Å². The number of carbonyl (C=O) groups excluding carboxylic acids is 2. The summed E-state index contributed by atoms with van der Waals surface area (Å²) < 4.78 is 27.3. The second kappa shape index (κ2) is 7.06. The maximum Gasteiger partial charge on any atom is 0.252 e. The molecule has 27 heavy (non-hydrogen) atoms. The summed E-state index contributed by atoms with van der Waals surface area (Å²) in [6.45, 7) is 0.491. The van der Waals surface area contributed by atoms with Crippen LogP contribution in [0, 0.1) is 5.92 Å². The summed E-state index contributed by atoms with van der Waals surface area (Å²) in [5.41, 5.74) is 1.25. The Kier molecular flexibility index (Phi) is 4.75. The Morgan fingerprint density at radius 3 is 2.78 bits per heavy atom. The van der Waals surface area contributed by atoms with Crippen molar-refractivity contribution in [2.45, 2.75) is 17.1 Å². The number of hydrogen-bond acceptors (Lipinski definition) is 5. The SMILES string of the molecule is O=C1CN(C(=O)C2CCCN(S(=O)(=O)c3cccs3)C2)c2ccccc2N1. The van der Waals surface area contributed by atoms with Gasteiger partial charge < -0.3 is 10.2 Å². The molecule has 1 unspecified atom stereocenters. The average molecular weight is 406 g/mol. The van der Waals surface area contributed by atoms with E-state index in [1.807, 2.05) is 6.07 Å². The van der Waals surface area contributed by atoms with Gasteiger partial charge in [0, 0.05) is 13.1 Å². The van der Waals surface area contributed by atoms with E-state index in [-0.39, 0.29) is 24.9 Å². The Hall–Kier alpha value is -2.23. The zero-order valence-corrected chi connectivity index (χ0v) is 16.1. The van der Waals surface area contributed by atoms with Crippen LogP contribution in [0.4, 0.5) is 11.4 Å². The molecule has 2 aliphatic rings. The van der Waals surface area contributed by atoms with Gasteiger partial charge in [0.05, 0.1) is 17.3 Å². The first-order chi connectivity index (χ1) is 13.0. The lowest BCUT2D eigenvalue weighted by atomic mass is 9.97. The van der Waals surface area contributed by atoms with Gasteiger partial charge in [-0.1, -0.05) is 18.2 Å². The number of hydrogen-bond donors (Lipinski definition) is 1. The van der Waals surface area contributed by atoms with E-state index in [4.69, 9.17) is 0 Å². The van der Waals surface area contributed by atoms with Crippen LogP contribution in [0.2, 0.25) is 0 Å². The monoisotopic (exact) mass is 405 g/mol. The van der Waals surface area contributed by atoms with Crippen LogP contribution in [-0.2, 0) is 19.6 Å². The van der Waals surface area contributed by atoms with Gasteiger partial charge in [-0.25, -0.2) is 8.42 Å². The van der Waals surface area contributed by atoms with Crippen molar-refractivity contribution in [2.24, 2.45) is 5.92 Å². The summed E-state index contributed by atoms with van der Waals surface area (Å²) in [4.78, 5) is 26.6. The van der Waals surface area contributed by atoms with E-state index in [9.17, 15) is 18.0 Å². The zero-order valence-electron chi connectivity index (χ0n) is 14.5. The molecule has 4 rings (SSSR count). The Morgan fingerprint density at radius 1 is 1.19 bits per heavy atom. The van der Waals surface area contributed by atoms with Crippen LogP contribution < -0.4 is 10.2 Å². The van der Waals surface area contributed by atoms with Crippen molar-refractivity contribution in [1.82, 2.24) is 4.31 Å². The summed E-state index contributed by atoms with van der Waals surface area (Å²) in [5.74, 6) is -0.920. The van der Waals surface area contributed by atoms with Crippen molar-refractivity contribution in [3.8, 4) is 0 Å². The largest absolute Gasteiger partial charge is 0.323 e. The van der Waals surface area contributed by atoms with Crippen LogP contribution in [0.1, 0.15) is 12.8 Å². The number of sulfonamides is 1. The minimum absolute atomic E-state index is 0.0516. The Balaban J connectivity index is 1.57. The second-order valence-corrected chi connectivity index (χ2v) is 9.74. The minimum Gasteiger partial charge on any atom is -0.323 e. The third kappa shape index (κ3) is 3.38. The number of anilines is 2. The van der Waals surface area contributed by atoms with Gasteiger partial charge in [-0.2, -0.15) is 4.31 Å². The van der Waals surface area contributed by atoms with Crippen molar-refractivity contribution >= 4 is 44.5 Å². The van der Waals surface area contributed by atoms with Gasteiger partial charge in [0.2, 0.25) is 11.8 Å². The van der Waals surface area contributed by atoms with Crippen molar-refractivity contribution in [3.63, 3.8) is 0 Å². The van der Waals surface area contributed by atoms with Gasteiger partial charge in [0.1, 0.15) is 10.8 Å². The highest BCUT2D eigenvalue weighted by molar-refractivity contribution is 7.91. The molecule has 0 spiro atoms. The van der Waals surface area contributed by atoms with E-state index >= 15 is 0 Å². The van der Waals surface area contributed by atoms with Crippen LogP contribution in [0.25, 0.3) is 0 Å². The minimum atomic E-state index is -3.59. The molecule has 0 radical (unpaired) electrons. The van der Waals surface area contributed by atoms with E-state index in [0.29, 0.717) is 35.0 Å². The molecule has 2 aliphatic heterocycles. The number of thiophene rings is 1. The number of nitrogens with zero attached hydrogens (tertiary/aromatic N) is 2. The molecular weight excluding hydrogens is 386 g/mol. The van der Waals surface area contributed by atoms with Crippen LogP contribution in [-0.4, -0.2) is 44.2 Å². The summed E-state index contributed by atoms with van der Waals surface area (Å²) in [7, 11) is -3.59. The summed E-state index contributed by atoms with van der Waals surface area (Å²) in [5, 5.41) is 4.49. The van der Waals surface area contributed by atoms with Crippen LogP contribution in [0.3, 0.4) is 0 Å². The molecule has 1 N–H and O–H groups in total. The number of carbonyl (C=O) groups is 2. The number of amides is 2. The van der Waals surface area contributed by atoms with Crippen molar-refractivity contribution < 1.29 is 18.0 Å². The lowest BCUT2D eigenvalue weighted by Gasteiger charge is -2.36. The lowest BCUT2D eigenvalue weighted by Crippen LogP contribution is -2.50. The maximum absolute atomic E-state index is 13.1. The molecular formula is C18H19N3O4S2. The molecule has 1 saturated heterocycles. The fraction of sp³-hybridized carbons (Fsp3) is 0.333. The average Bonchev–Trinajstić information content (AvgIpc) is 3.22. The third-order valence-corrected chi connectivity index (χ3v) is 8.10. The molecule has 1 fully saturated rings. The highest BCUT2D eigenvalue weighted by atomic mass is 32.2. The Bertz CT molecular complexity index is 972. The maximum atomic E-state index is 13.1. The number of piperidine rings is 1. The molecule has 2 aromatic rings. The number of fused-ring (bicyclic) bond motifs is 1. The fourth-order valence-electron chi connectivity index (χ4n) is 3.55. The van der Waals surface area contributed by atoms with Gasteiger partial charge >= 0.3 is 0 Å². The van der Waals surface area contributed by atoms with Crippen molar-refractivity contribution in [3.05, 3.63) is 41.8 Å². The molecule has 2 amide bonds. The molecule has 1 aromatic heterocycles. The molecule has 0 saturated carbocycles. The summed E-state index contributed by atoms with van der Waals surface area (Å²) in [6, 6.07) is 10.4. The normalized spacial score (nSPS) is 20.8. The van der Waals surface area contributed by atoms with Gasteiger partial charge in [0.15, 0.2) is 0 Å². The molecule has 1 atom stereocenters. The first-order valence-corrected chi connectivity index (χ1v) is 11.0. The second-order valence-electron chi connectivity index (χ2n) is 6.62. The third-order valence-electron chi connectivity index (χ3n) is 4.86. The van der Waals surface area contributed by atoms with E-state index < -0.39 is 15.9 Å². The highest BCUT2D eigenvalue weighted by Gasteiger charge is 2.37. The first kappa shape index (κ1) is 18.1. The van der Waals surface area contributed by atoms with Gasteiger partial charge in [-0.3, -0.25) is 9.59 Å². The molecule has 7 nitrogen and oxygen atoms in total. The topological polar surface area (TPSA) is 86.8 Å². The van der Waals surface area contributed by atoms with Crippen LogP contribution >= 0.6 is 11.3 Å². The van der Waals surface area contributed by atoms with E-state index in [2.05, 4.69) is 5.32 Å². The van der Waals surface area contributed by atoms with E-state index in [0.717, 1.165) is 0 Å². The molecule has 3 heterocycles. The zero-order chi connectivity index (χ0) is 19.0. The number of para-hydroxylation sites is 2. The summed E-state index contributed by atoms with van der Waals surface area (Å²) >= 11 is 1.17. The molecule has 0 aliphatic carbocycles. The fourth-order valence-corrected chi connectivity index (χ4v) is 6.22. The molecule has 1 aromatic carbocycles. The smallest absolute Gasteiger partial charge is 0.252 e. The van der Waals surface area contributed by atoms with Gasteiger partial charge in [-0.15, -0.1) is 11.3 Å². The van der Waals surface area contributed by atoms with E-state index in [1.54, 1.807) is 35.7 Å². The van der Waals surface area contributed by atoms with Gasteiger partial charge in [0.25, 0.3) is 10.0 Å². The predicted octanol–water partition coefficient (Wildman–Crippen LogP) is 2.13. The van der Waals surface area contributed by atoms with Gasteiger partial charge in [-0.05, 0) is 36.4 Å². The van der Waals surface area contributed by atoms with Crippen molar-refractivity contribution in [1.29, 1.82) is 0 Å². The Morgan fingerprint density at radius 2 is 2.00 bits per heavy atom. The quantitative estimate of drug-likeness (QED) is 0.848. The standard InChI is InChI=1S/C18H19N3O4S2/c22-16-12-21(15-7-2-1-6-14(15)19-16)18(23)13-5-3-9-20(11-13)27(24,25)17-8-4-10-26-17/h1-2,4,6-8,10,13H,3,5,9,11-12H2,(H,19,22).